The molecule has 1 rings (SSSR count). The van der Waals surface area contributed by atoms with Crippen LogP contribution >= 0.6 is 27.5 Å². The second kappa shape index (κ2) is 4.20. The molecule has 0 saturated heterocycles. The molecule has 0 unspecified atom stereocenters. The summed E-state index contributed by atoms with van der Waals surface area (Å²) in [7, 11) is 0. The van der Waals surface area contributed by atoms with Crippen LogP contribution < -0.4 is 0 Å². The maximum Gasteiger partial charge on any atom is 0.177 e. The van der Waals surface area contributed by atoms with Crippen molar-refractivity contribution in [3.05, 3.63) is 34.1 Å². The molecule has 0 aromatic heterocycles. The summed E-state index contributed by atoms with van der Waals surface area (Å²) in [6.45, 7) is 1.59. The number of benzene rings is 1. The van der Waals surface area contributed by atoms with Gasteiger partial charge in [0.2, 0.25) is 0 Å². The Morgan fingerprint density at radius 3 is 2.77 bits per heavy atom. The number of rotatable bonds is 2. The van der Waals surface area contributed by atoms with Gasteiger partial charge in [-0.05, 0) is 18.6 Å². The van der Waals surface area contributed by atoms with Crippen LogP contribution in [0, 0.1) is 12.7 Å². The Kier molecular flexibility index (Phi) is 3.45. The highest BCUT2D eigenvalue weighted by atomic mass is 79.9. The summed E-state index contributed by atoms with van der Waals surface area (Å²) in [6, 6.07) is 3.07. The fourth-order valence-electron chi connectivity index (χ4n) is 0.979. The number of halogens is 3. The van der Waals surface area contributed by atoms with Crippen LogP contribution in [0.2, 0.25) is 5.02 Å². The standard InChI is InChI=1S/C9H7BrClFO/c1-5-2-3-6(11)8(9(5)12)7(13)4-10/h2-3H,4H2,1H3. The smallest absolute Gasteiger partial charge is 0.177 e. The summed E-state index contributed by atoms with van der Waals surface area (Å²) in [4.78, 5) is 11.2. The molecule has 0 N–H and O–H groups in total. The van der Waals surface area contributed by atoms with E-state index in [4.69, 9.17) is 11.6 Å². The zero-order valence-corrected chi connectivity index (χ0v) is 9.25. The molecule has 1 aromatic rings. The van der Waals surface area contributed by atoms with Crippen LogP contribution in [0.1, 0.15) is 15.9 Å². The van der Waals surface area contributed by atoms with Crippen LogP contribution in [0.5, 0.6) is 0 Å². The van der Waals surface area contributed by atoms with Gasteiger partial charge < -0.3 is 0 Å². The van der Waals surface area contributed by atoms with Crippen molar-refractivity contribution in [2.75, 3.05) is 5.33 Å². The van der Waals surface area contributed by atoms with Gasteiger partial charge in [-0.3, -0.25) is 4.79 Å². The molecule has 70 valence electrons. The van der Waals surface area contributed by atoms with E-state index in [2.05, 4.69) is 15.9 Å². The summed E-state index contributed by atoms with van der Waals surface area (Å²) in [5, 5.41) is 0.236. The van der Waals surface area contributed by atoms with E-state index in [1.165, 1.54) is 6.07 Å². The van der Waals surface area contributed by atoms with E-state index < -0.39 is 5.82 Å². The Bertz CT molecular complexity index is 352. The minimum atomic E-state index is -0.531. The SMILES string of the molecule is Cc1ccc(Cl)c(C(=O)CBr)c1F. The summed E-state index contributed by atoms with van der Waals surface area (Å²) in [5.41, 5.74) is 0.396. The highest BCUT2D eigenvalue weighted by Gasteiger charge is 2.16. The maximum absolute atomic E-state index is 13.4. The first kappa shape index (κ1) is 10.7. The van der Waals surface area contributed by atoms with Crippen LogP contribution in [0.15, 0.2) is 12.1 Å². The van der Waals surface area contributed by atoms with Gasteiger partial charge in [-0.25, -0.2) is 4.39 Å². The molecule has 0 radical (unpaired) electrons. The topological polar surface area (TPSA) is 17.1 Å². The Hall–Kier alpha value is -0.410. The lowest BCUT2D eigenvalue weighted by Crippen LogP contribution is -2.05. The first-order chi connectivity index (χ1) is 6.07. The lowest BCUT2D eigenvalue weighted by atomic mass is 10.1. The molecule has 0 saturated carbocycles. The molecule has 1 nitrogen and oxygen atoms in total. The molecule has 0 heterocycles. The van der Waals surface area contributed by atoms with Crippen molar-refractivity contribution in [1.82, 2.24) is 0 Å². The third kappa shape index (κ3) is 2.09. The normalized spacial score (nSPS) is 10.2. The molecule has 0 atom stereocenters. The van der Waals surface area contributed by atoms with Crippen molar-refractivity contribution in [3.8, 4) is 0 Å². The Balaban J connectivity index is 3.33. The van der Waals surface area contributed by atoms with Crippen molar-refractivity contribution >= 4 is 33.3 Å². The second-order valence-electron chi connectivity index (χ2n) is 2.61. The van der Waals surface area contributed by atoms with Gasteiger partial charge in [0.15, 0.2) is 5.78 Å². The number of ketones is 1. The number of hydrogen-bond donors (Lipinski definition) is 0. The summed E-state index contributed by atoms with van der Waals surface area (Å²) in [5.74, 6) is -0.872. The number of hydrogen-bond acceptors (Lipinski definition) is 1. The number of carbonyl (C=O) groups is 1. The molecule has 0 aliphatic carbocycles. The van der Waals surface area contributed by atoms with Crippen LogP contribution in [0.3, 0.4) is 0 Å². The third-order valence-electron chi connectivity index (χ3n) is 1.68. The molecule has 4 heteroatoms. The van der Waals surface area contributed by atoms with Crippen LogP contribution in [-0.2, 0) is 0 Å². The monoisotopic (exact) mass is 264 g/mol. The molecular weight excluding hydrogens is 258 g/mol. The van der Waals surface area contributed by atoms with Crippen molar-refractivity contribution in [1.29, 1.82) is 0 Å². The largest absolute Gasteiger partial charge is 0.293 e. The van der Waals surface area contributed by atoms with E-state index >= 15 is 0 Å². The summed E-state index contributed by atoms with van der Waals surface area (Å²) in [6.07, 6.45) is 0. The molecule has 0 amide bonds. The average Bonchev–Trinajstić information content (AvgIpc) is 2.12. The van der Waals surface area contributed by atoms with E-state index in [0.29, 0.717) is 5.56 Å². The van der Waals surface area contributed by atoms with Gasteiger partial charge in [0.25, 0.3) is 0 Å². The molecular formula is C9H7BrClFO. The van der Waals surface area contributed by atoms with Gasteiger partial charge in [-0.2, -0.15) is 0 Å². The van der Waals surface area contributed by atoms with Gasteiger partial charge in [-0.1, -0.05) is 33.6 Å². The molecule has 0 spiro atoms. The number of carbonyl (C=O) groups excluding carboxylic acids is 1. The highest BCUT2D eigenvalue weighted by molar-refractivity contribution is 9.09. The molecule has 13 heavy (non-hydrogen) atoms. The minimum absolute atomic E-state index is 0.0291. The zero-order valence-electron chi connectivity index (χ0n) is 6.90. The molecule has 0 aliphatic heterocycles. The van der Waals surface area contributed by atoms with Gasteiger partial charge in [0, 0.05) is 0 Å². The molecule has 0 aliphatic rings. The van der Waals surface area contributed by atoms with Crippen LogP contribution in [-0.4, -0.2) is 11.1 Å². The van der Waals surface area contributed by atoms with Crippen molar-refractivity contribution in [2.24, 2.45) is 0 Å². The highest BCUT2D eigenvalue weighted by Crippen LogP contribution is 2.22. The molecule has 1 aromatic carbocycles. The maximum atomic E-state index is 13.4. The zero-order chi connectivity index (χ0) is 10.0. The van der Waals surface area contributed by atoms with Gasteiger partial charge in [-0.15, -0.1) is 0 Å². The van der Waals surface area contributed by atoms with Gasteiger partial charge in [0.1, 0.15) is 5.82 Å². The van der Waals surface area contributed by atoms with Crippen molar-refractivity contribution in [2.45, 2.75) is 6.92 Å². The summed E-state index contributed by atoms with van der Waals surface area (Å²) < 4.78 is 13.4. The molecule has 0 fully saturated rings. The lowest BCUT2D eigenvalue weighted by molar-refractivity contribution is 0.102. The minimum Gasteiger partial charge on any atom is -0.293 e. The molecule has 0 bridgehead atoms. The third-order valence-corrected chi connectivity index (χ3v) is 2.51. The van der Waals surface area contributed by atoms with E-state index in [0.717, 1.165) is 0 Å². The fourth-order valence-corrected chi connectivity index (χ4v) is 1.51. The van der Waals surface area contributed by atoms with Crippen LogP contribution in [0.4, 0.5) is 4.39 Å². The Morgan fingerprint density at radius 1 is 1.62 bits per heavy atom. The van der Waals surface area contributed by atoms with Crippen molar-refractivity contribution in [3.63, 3.8) is 0 Å². The average molecular weight is 266 g/mol. The fraction of sp³-hybridized carbons (Fsp3) is 0.222. The van der Waals surface area contributed by atoms with E-state index in [1.54, 1.807) is 13.0 Å². The van der Waals surface area contributed by atoms with E-state index in [-0.39, 0.29) is 21.7 Å². The Morgan fingerprint density at radius 2 is 2.23 bits per heavy atom. The predicted molar refractivity (Wildman–Crippen MR) is 54.3 cm³/mol. The van der Waals surface area contributed by atoms with Crippen molar-refractivity contribution < 1.29 is 9.18 Å². The van der Waals surface area contributed by atoms with E-state index in [1.807, 2.05) is 0 Å². The van der Waals surface area contributed by atoms with E-state index in [9.17, 15) is 9.18 Å². The van der Waals surface area contributed by atoms with Crippen LogP contribution in [0.25, 0.3) is 0 Å². The quantitative estimate of drug-likeness (QED) is 0.592. The second-order valence-corrected chi connectivity index (χ2v) is 3.58. The first-order valence-electron chi connectivity index (χ1n) is 3.61. The number of alkyl halides is 1. The lowest BCUT2D eigenvalue weighted by Gasteiger charge is -2.04. The first-order valence-corrected chi connectivity index (χ1v) is 5.11. The van der Waals surface area contributed by atoms with Gasteiger partial charge >= 0.3 is 0 Å². The summed E-state index contributed by atoms with van der Waals surface area (Å²) >= 11 is 8.66. The number of aryl methyl sites for hydroxylation is 1. The van der Waals surface area contributed by atoms with Gasteiger partial charge in [0.05, 0.1) is 15.9 Å². The number of Topliss-reactive ketones (excluding diaryl/α,β-unsaturated/α-hetero) is 1. The predicted octanol–water partition coefficient (Wildman–Crippen LogP) is 3.37. The Labute approximate surface area is 89.0 Å².